The summed E-state index contributed by atoms with van der Waals surface area (Å²) in [4.78, 5) is 16.4. The lowest BCUT2D eigenvalue weighted by Crippen LogP contribution is -2.06. The highest BCUT2D eigenvalue weighted by Gasteiger charge is 2.15. The Labute approximate surface area is 111 Å². The van der Waals surface area contributed by atoms with Gasteiger partial charge in [-0.25, -0.2) is 9.78 Å². The Morgan fingerprint density at radius 1 is 1.26 bits per heavy atom. The van der Waals surface area contributed by atoms with E-state index in [-0.39, 0.29) is 0 Å². The van der Waals surface area contributed by atoms with E-state index in [9.17, 15) is 4.79 Å². The van der Waals surface area contributed by atoms with E-state index in [0.717, 1.165) is 16.5 Å². The molecule has 0 aliphatic rings. The van der Waals surface area contributed by atoms with Crippen LogP contribution < -0.4 is 10.1 Å². The molecule has 1 aromatic heterocycles. The first-order valence-corrected chi connectivity index (χ1v) is 5.86. The molecule has 2 rings (SSSR count). The number of hydrogen-bond acceptors (Lipinski definition) is 5. The van der Waals surface area contributed by atoms with E-state index in [4.69, 9.17) is 9.47 Å². The number of anilines is 1. The number of carbonyl (C=O) groups is 1. The largest absolute Gasteiger partial charge is 0.497 e. The second-order valence-electron chi connectivity index (χ2n) is 4.14. The first-order valence-electron chi connectivity index (χ1n) is 5.86. The van der Waals surface area contributed by atoms with Gasteiger partial charge in [0.15, 0.2) is 0 Å². The summed E-state index contributed by atoms with van der Waals surface area (Å²) in [6.45, 7) is 1.93. The van der Waals surface area contributed by atoms with Crippen LogP contribution in [0.25, 0.3) is 10.9 Å². The van der Waals surface area contributed by atoms with Gasteiger partial charge in [-0.15, -0.1) is 0 Å². The third-order valence-electron chi connectivity index (χ3n) is 2.97. The summed E-state index contributed by atoms with van der Waals surface area (Å²) in [6.07, 6.45) is 0. The molecule has 2 aromatic rings. The molecule has 0 radical (unpaired) electrons. The van der Waals surface area contributed by atoms with Crippen molar-refractivity contribution >= 4 is 22.7 Å². The molecule has 0 aliphatic carbocycles. The second kappa shape index (κ2) is 5.14. The number of ether oxygens (including phenoxy) is 2. The van der Waals surface area contributed by atoms with Crippen LogP contribution in [-0.2, 0) is 4.74 Å². The molecule has 0 saturated carbocycles. The molecular formula is C14H16N2O3. The lowest BCUT2D eigenvalue weighted by molar-refractivity contribution is 0.0603. The highest BCUT2D eigenvalue weighted by Crippen LogP contribution is 2.28. The first kappa shape index (κ1) is 13.1. The number of benzene rings is 1. The average molecular weight is 260 g/mol. The molecule has 0 unspecified atom stereocenters. The van der Waals surface area contributed by atoms with Crippen molar-refractivity contribution in [3.05, 3.63) is 29.3 Å². The molecule has 0 bridgehead atoms. The Balaban J connectivity index is 2.83. The number of hydrogen-bond donors (Lipinski definition) is 1. The van der Waals surface area contributed by atoms with E-state index < -0.39 is 5.97 Å². The Morgan fingerprint density at radius 2 is 2.00 bits per heavy atom. The number of fused-ring (bicyclic) bond motifs is 1. The highest BCUT2D eigenvalue weighted by atomic mass is 16.5. The summed E-state index contributed by atoms with van der Waals surface area (Å²) in [5.74, 6) is 0.923. The van der Waals surface area contributed by atoms with Gasteiger partial charge in [0.1, 0.15) is 11.6 Å². The summed E-state index contributed by atoms with van der Waals surface area (Å²) in [5.41, 5.74) is 2.17. The number of esters is 1. The van der Waals surface area contributed by atoms with Gasteiger partial charge in [0.25, 0.3) is 0 Å². The van der Waals surface area contributed by atoms with Gasteiger partial charge in [-0.2, -0.15) is 0 Å². The Bertz CT molecular complexity index is 638. The predicted octanol–water partition coefficient (Wildman–Crippen LogP) is 2.38. The van der Waals surface area contributed by atoms with Gasteiger partial charge in [0.2, 0.25) is 0 Å². The smallest absolute Gasteiger partial charge is 0.338 e. The molecule has 0 atom stereocenters. The molecule has 5 heteroatoms. The Morgan fingerprint density at radius 3 is 2.58 bits per heavy atom. The summed E-state index contributed by atoms with van der Waals surface area (Å²) in [5, 5.41) is 3.67. The maximum Gasteiger partial charge on any atom is 0.338 e. The Kier molecular flexibility index (Phi) is 3.55. The highest BCUT2D eigenvalue weighted by molar-refractivity contribution is 6.05. The molecule has 0 fully saturated rings. The minimum Gasteiger partial charge on any atom is -0.497 e. The van der Waals surface area contributed by atoms with Crippen LogP contribution in [0.3, 0.4) is 0 Å². The number of aromatic nitrogens is 1. The zero-order valence-corrected chi connectivity index (χ0v) is 11.4. The van der Waals surface area contributed by atoms with Crippen molar-refractivity contribution < 1.29 is 14.3 Å². The van der Waals surface area contributed by atoms with Gasteiger partial charge in [-0.3, -0.25) is 0 Å². The monoisotopic (exact) mass is 260 g/mol. The molecule has 0 saturated heterocycles. The SMILES string of the molecule is CNc1cc(C(=O)OC)c2cc(OC)cc(C)c2n1. The lowest BCUT2D eigenvalue weighted by Gasteiger charge is -2.11. The van der Waals surface area contributed by atoms with Gasteiger partial charge in [0, 0.05) is 12.4 Å². The van der Waals surface area contributed by atoms with E-state index in [1.807, 2.05) is 13.0 Å². The van der Waals surface area contributed by atoms with Gasteiger partial charge in [-0.05, 0) is 30.7 Å². The standard InChI is InChI=1S/C14H16N2O3/c1-8-5-9(18-3)6-10-11(14(17)19-4)7-12(15-2)16-13(8)10/h5-7H,1-4H3,(H,15,16). The lowest BCUT2D eigenvalue weighted by atomic mass is 10.0. The predicted molar refractivity (Wildman–Crippen MR) is 73.9 cm³/mol. The molecular weight excluding hydrogens is 244 g/mol. The Hall–Kier alpha value is -2.30. The molecule has 0 amide bonds. The van der Waals surface area contributed by atoms with Gasteiger partial charge < -0.3 is 14.8 Å². The van der Waals surface area contributed by atoms with E-state index >= 15 is 0 Å². The third kappa shape index (κ3) is 2.31. The molecule has 0 aliphatic heterocycles. The fourth-order valence-electron chi connectivity index (χ4n) is 1.99. The van der Waals surface area contributed by atoms with Crippen molar-refractivity contribution in [3.8, 4) is 5.75 Å². The van der Waals surface area contributed by atoms with Crippen molar-refractivity contribution in [2.75, 3.05) is 26.6 Å². The number of aryl methyl sites for hydroxylation is 1. The van der Waals surface area contributed by atoms with Gasteiger partial charge in [0.05, 0.1) is 25.3 Å². The maximum absolute atomic E-state index is 11.9. The maximum atomic E-state index is 11.9. The number of nitrogens with zero attached hydrogens (tertiary/aromatic N) is 1. The minimum atomic E-state index is -0.392. The number of nitrogens with one attached hydrogen (secondary N) is 1. The molecule has 1 N–H and O–H groups in total. The van der Waals surface area contributed by atoms with E-state index in [0.29, 0.717) is 17.1 Å². The van der Waals surface area contributed by atoms with E-state index in [1.54, 1.807) is 26.3 Å². The number of rotatable bonds is 3. The van der Waals surface area contributed by atoms with Crippen LogP contribution in [0, 0.1) is 6.92 Å². The summed E-state index contributed by atoms with van der Waals surface area (Å²) < 4.78 is 10.1. The fourth-order valence-corrected chi connectivity index (χ4v) is 1.99. The molecule has 0 spiro atoms. The number of pyridine rings is 1. The van der Waals surface area contributed by atoms with Crippen molar-refractivity contribution in [1.82, 2.24) is 4.98 Å². The van der Waals surface area contributed by atoms with Crippen molar-refractivity contribution in [2.45, 2.75) is 6.92 Å². The normalized spacial score (nSPS) is 10.3. The molecule has 100 valence electrons. The summed E-state index contributed by atoms with van der Waals surface area (Å²) in [7, 11) is 4.71. The van der Waals surface area contributed by atoms with Crippen LogP contribution in [0.5, 0.6) is 5.75 Å². The number of methoxy groups -OCH3 is 2. The van der Waals surface area contributed by atoms with Crippen LogP contribution in [0.1, 0.15) is 15.9 Å². The van der Waals surface area contributed by atoms with E-state index in [1.165, 1.54) is 7.11 Å². The van der Waals surface area contributed by atoms with Crippen LogP contribution in [-0.4, -0.2) is 32.2 Å². The summed E-state index contributed by atoms with van der Waals surface area (Å²) >= 11 is 0. The van der Waals surface area contributed by atoms with Crippen LogP contribution >= 0.6 is 0 Å². The molecule has 1 aromatic carbocycles. The summed E-state index contributed by atoms with van der Waals surface area (Å²) in [6, 6.07) is 5.35. The quantitative estimate of drug-likeness (QED) is 0.858. The molecule has 5 nitrogen and oxygen atoms in total. The van der Waals surface area contributed by atoms with Crippen molar-refractivity contribution in [1.29, 1.82) is 0 Å². The number of carbonyl (C=O) groups excluding carboxylic acids is 1. The van der Waals surface area contributed by atoms with Crippen LogP contribution in [0.2, 0.25) is 0 Å². The van der Waals surface area contributed by atoms with E-state index in [2.05, 4.69) is 10.3 Å². The van der Waals surface area contributed by atoms with Crippen molar-refractivity contribution in [2.24, 2.45) is 0 Å². The zero-order chi connectivity index (χ0) is 14.0. The third-order valence-corrected chi connectivity index (χ3v) is 2.97. The first-order chi connectivity index (χ1) is 9.10. The van der Waals surface area contributed by atoms with Crippen LogP contribution in [0.15, 0.2) is 18.2 Å². The topological polar surface area (TPSA) is 60.5 Å². The average Bonchev–Trinajstić information content (AvgIpc) is 2.45. The van der Waals surface area contributed by atoms with Gasteiger partial charge >= 0.3 is 5.97 Å². The minimum absolute atomic E-state index is 0.392. The molecule has 19 heavy (non-hydrogen) atoms. The zero-order valence-electron chi connectivity index (χ0n) is 11.4. The second-order valence-corrected chi connectivity index (χ2v) is 4.14. The van der Waals surface area contributed by atoms with Crippen molar-refractivity contribution in [3.63, 3.8) is 0 Å². The van der Waals surface area contributed by atoms with Crippen LogP contribution in [0.4, 0.5) is 5.82 Å². The molecule has 1 heterocycles. The van der Waals surface area contributed by atoms with Gasteiger partial charge in [-0.1, -0.05) is 0 Å². The fraction of sp³-hybridized carbons (Fsp3) is 0.286.